The highest BCUT2D eigenvalue weighted by Crippen LogP contribution is 2.20. The van der Waals surface area contributed by atoms with Crippen LogP contribution in [0.4, 0.5) is 5.69 Å². The van der Waals surface area contributed by atoms with E-state index in [9.17, 15) is 9.59 Å². The lowest BCUT2D eigenvalue weighted by molar-refractivity contribution is -0.114. The van der Waals surface area contributed by atoms with E-state index in [0.29, 0.717) is 11.3 Å². The van der Waals surface area contributed by atoms with E-state index in [0.717, 1.165) is 22.6 Å². The molecule has 6 nitrogen and oxygen atoms in total. The number of hydrazone groups is 1. The summed E-state index contributed by atoms with van der Waals surface area (Å²) in [4.78, 5) is 23.5. The summed E-state index contributed by atoms with van der Waals surface area (Å²) in [5.41, 5.74) is 8.87. The number of aryl methyl sites for hydroxylation is 2. The highest BCUT2D eigenvalue weighted by Gasteiger charge is 2.10. The SMILES string of the molecule is CC(=O)Nc1cccc(C(=O)NN=Cc2cc(C)n(-c3ccc(C)cc3)c2C)c1. The van der Waals surface area contributed by atoms with Crippen molar-refractivity contribution in [1.82, 2.24) is 9.99 Å². The van der Waals surface area contributed by atoms with Crippen LogP contribution >= 0.6 is 0 Å². The van der Waals surface area contributed by atoms with Crippen LogP contribution in [0.25, 0.3) is 5.69 Å². The van der Waals surface area contributed by atoms with Crippen LogP contribution in [-0.4, -0.2) is 22.6 Å². The fourth-order valence-electron chi connectivity index (χ4n) is 3.18. The molecule has 0 aliphatic rings. The minimum absolute atomic E-state index is 0.190. The number of carbonyl (C=O) groups excluding carboxylic acids is 2. The molecular formula is C23H24N4O2. The van der Waals surface area contributed by atoms with Gasteiger partial charge in [-0.2, -0.15) is 5.10 Å². The van der Waals surface area contributed by atoms with Gasteiger partial charge in [-0.05, 0) is 57.2 Å². The molecule has 148 valence electrons. The molecule has 0 bridgehead atoms. The van der Waals surface area contributed by atoms with Crippen LogP contribution in [0.1, 0.15) is 39.8 Å². The number of nitrogens with one attached hydrogen (secondary N) is 2. The first-order valence-corrected chi connectivity index (χ1v) is 9.32. The van der Waals surface area contributed by atoms with Crippen molar-refractivity contribution >= 4 is 23.7 Å². The molecule has 2 N–H and O–H groups in total. The average Bonchev–Trinajstić information content (AvgIpc) is 2.96. The van der Waals surface area contributed by atoms with Gasteiger partial charge in [0.25, 0.3) is 5.91 Å². The predicted octanol–water partition coefficient (Wildman–Crippen LogP) is 4.12. The minimum atomic E-state index is -0.346. The van der Waals surface area contributed by atoms with Gasteiger partial charge in [-0.15, -0.1) is 0 Å². The van der Waals surface area contributed by atoms with Crippen LogP contribution in [0.5, 0.6) is 0 Å². The number of amides is 2. The normalized spacial score (nSPS) is 10.9. The first-order valence-electron chi connectivity index (χ1n) is 9.32. The third-order valence-electron chi connectivity index (χ3n) is 4.58. The van der Waals surface area contributed by atoms with Gasteiger partial charge in [0.15, 0.2) is 0 Å². The van der Waals surface area contributed by atoms with Crippen molar-refractivity contribution in [2.45, 2.75) is 27.7 Å². The van der Waals surface area contributed by atoms with E-state index in [1.807, 2.05) is 19.9 Å². The maximum Gasteiger partial charge on any atom is 0.271 e. The van der Waals surface area contributed by atoms with Gasteiger partial charge in [0, 0.05) is 40.8 Å². The average molecular weight is 388 g/mol. The van der Waals surface area contributed by atoms with E-state index in [1.54, 1.807) is 30.5 Å². The molecule has 3 aromatic rings. The molecule has 29 heavy (non-hydrogen) atoms. The van der Waals surface area contributed by atoms with Crippen LogP contribution in [0.3, 0.4) is 0 Å². The van der Waals surface area contributed by atoms with Gasteiger partial charge in [-0.25, -0.2) is 5.43 Å². The van der Waals surface area contributed by atoms with Crippen LogP contribution in [0.15, 0.2) is 59.7 Å². The van der Waals surface area contributed by atoms with Crippen molar-refractivity contribution in [1.29, 1.82) is 0 Å². The van der Waals surface area contributed by atoms with E-state index in [-0.39, 0.29) is 11.8 Å². The molecule has 2 aromatic carbocycles. The third kappa shape index (κ3) is 4.79. The third-order valence-corrected chi connectivity index (χ3v) is 4.58. The summed E-state index contributed by atoms with van der Waals surface area (Å²) in [5.74, 6) is -0.537. The van der Waals surface area contributed by atoms with Gasteiger partial charge >= 0.3 is 0 Å². The van der Waals surface area contributed by atoms with E-state index in [2.05, 4.69) is 51.6 Å². The van der Waals surface area contributed by atoms with Crippen LogP contribution < -0.4 is 10.7 Å². The lowest BCUT2D eigenvalue weighted by Gasteiger charge is -2.09. The summed E-state index contributed by atoms with van der Waals surface area (Å²) < 4.78 is 2.15. The van der Waals surface area contributed by atoms with Crippen LogP contribution in [0, 0.1) is 20.8 Å². The fourth-order valence-corrected chi connectivity index (χ4v) is 3.18. The molecule has 0 spiro atoms. The molecule has 0 saturated carbocycles. The predicted molar refractivity (Wildman–Crippen MR) is 116 cm³/mol. The number of aromatic nitrogens is 1. The lowest BCUT2D eigenvalue weighted by Crippen LogP contribution is -2.18. The van der Waals surface area contributed by atoms with Crippen molar-refractivity contribution in [2.24, 2.45) is 5.10 Å². The Balaban J connectivity index is 1.74. The molecule has 6 heteroatoms. The van der Waals surface area contributed by atoms with Gasteiger partial charge in [-0.1, -0.05) is 23.8 Å². The summed E-state index contributed by atoms with van der Waals surface area (Å²) in [7, 11) is 0. The summed E-state index contributed by atoms with van der Waals surface area (Å²) in [6.45, 7) is 7.54. The second-order valence-electron chi connectivity index (χ2n) is 6.96. The Morgan fingerprint density at radius 1 is 1.00 bits per heavy atom. The topological polar surface area (TPSA) is 75.5 Å². The molecule has 2 amide bonds. The monoisotopic (exact) mass is 388 g/mol. The van der Waals surface area contributed by atoms with Gasteiger partial charge in [0.1, 0.15) is 0 Å². The van der Waals surface area contributed by atoms with Crippen molar-refractivity contribution in [2.75, 3.05) is 5.32 Å². The van der Waals surface area contributed by atoms with E-state index in [4.69, 9.17) is 0 Å². The maximum absolute atomic E-state index is 12.3. The Labute approximate surface area is 170 Å². The molecular weight excluding hydrogens is 364 g/mol. The van der Waals surface area contributed by atoms with Gasteiger partial charge in [0.05, 0.1) is 6.21 Å². The molecule has 0 unspecified atom stereocenters. The summed E-state index contributed by atoms with van der Waals surface area (Å²) in [6, 6.07) is 17.1. The zero-order valence-electron chi connectivity index (χ0n) is 17.0. The molecule has 0 aliphatic carbocycles. The molecule has 0 radical (unpaired) electrons. The Bertz CT molecular complexity index is 1080. The van der Waals surface area contributed by atoms with E-state index in [1.165, 1.54) is 12.5 Å². The Morgan fingerprint density at radius 2 is 1.72 bits per heavy atom. The number of benzene rings is 2. The Kier molecular flexibility index (Phi) is 5.93. The summed E-state index contributed by atoms with van der Waals surface area (Å²) >= 11 is 0. The molecule has 1 aromatic heterocycles. The number of nitrogens with zero attached hydrogens (tertiary/aromatic N) is 2. The zero-order valence-corrected chi connectivity index (χ0v) is 17.0. The number of anilines is 1. The quantitative estimate of drug-likeness (QED) is 0.509. The zero-order chi connectivity index (χ0) is 21.0. The maximum atomic E-state index is 12.3. The van der Waals surface area contributed by atoms with Crippen LogP contribution in [0.2, 0.25) is 0 Å². The second-order valence-corrected chi connectivity index (χ2v) is 6.96. The number of hydrogen-bond acceptors (Lipinski definition) is 3. The molecule has 1 heterocycles. The Morgan fingerprint density at radius 3 is 2.41 bits per heavy atom. The highest BCUT2D eigenvalue weighted by molar-refractivity contribution is 5.97. The number of carbonyl (C=O) groups is 2. The molecule has 0 aliphatic heterocycles. The number of hydrogen-bond donors (Lipinski definition) is 2. The summed E-state index contributed by atoms with van der Waals surface area (Å²) in [6.07, 6.45) is 1.64. The fraction of sp³-hybridized carbons (Fsp3) is 0.174. The smallest absolute Gasteiger partial charge is 0.271 e. The van der Waals surface area contributed by atoms with Gasteiger partial charge in [-0.3, -0.25) is 9.59 Å². The lowest BCUT2D eigenvalue weighted by atomic mass is 10.2. The van der Waals surface area contributed by atoms with Crippen molar-refractivity contribution in [3.63, 3.8) is 0 Å². The minimum Gasteiger partial charge on any atom is -0.326 e. The second kappa shape index (κ2) is 8.56. The van der Waals surface area contributed by atoms with E-state index >= 15 is 0 Å². The molecule has 3 rings (SSSR count). The Hall–Kier alpha value is -3.67. The van der Waals surface area contributed by atoms with Crippen molar-refractivity contribution in [3.8, 4) is 5.69 Å². The standard InChI is InChI=1S/C23H24N4O2/c1-15-8-10-22(11-9-15)27-16(2)12-20(17(27)3)14-24-26-23(29)19-6-5-7-21(13-19)25-18(4)28/h5-14H,1-4H3,(H,25,28)(H,26,29). The first-order chi connectivity index (χ1) is 13.8. The number of rotatable bonds is 5. The largest absolute Gasteiger partial charge is 0.326 e. The molecule has 0 atom stereocenters. The van der Waals surface area contributed by atoms with E-state index < -0.39 is 0 Å². The molecule has 0 fully saturated rings. The van der Waals surface area contributed by atoms with Crippen LogP contribution in [-0.2, 0) is 4.79 Å². The highest BCUT2D eigenvalue weighted by atomic mass is 16.2. The molecule has 0 saturated heterocycles. The van der Waals surface area contributed by atoms with Gasteiger partial charge < -0.3 is 9.88 Å². The first kappa shape index (κ1) is 20.1. The van der Waals surface area contributed by atoms with Crippen molar-refractivity contribution < 1.29 is 9.59 Å². The summed E-state index contributed by atoms with van der Waals surface area (Å²) in [5, 5.41) is 6.76. The van der Waals surface area contributed by atoms with Crippen molar-refractivity contribution in [3.05, 3.63) is 82.7 Å². The van der Waals surface area contributed by atoms with Gasteiger partial charge in [0.2, 0.25) is 5.91 Å².